The second kappa shape index (κ2) is 4.59. The van der Waals surface area contributed by atoms with Crippen LogP contribution in [0.15, 0.2) is 30.3 Å². The third-order valence-corrected chi connectivity index (χ3v) is 3.66. The van der Waals surface area contributed by atoms with E-state index in [4.69, 9.17) is 0 Å². The Kier molecular flexibility index (Phi) is 3.69. The first-order valence-electron chi connectivity index (χ1n) is 4.17. The Balaban J connectivity index is 2.39. The Hall–Kier alpha value is -0.248. The van der Waals surface area contributed by atoms with Crippen LogP contribution in [-0.4, -0.2) is 15.2 Å². The van der Waals surface area contributed by atoms with Gasteiger partial charge in [-0.15, -0.1) is 0 Å². The molecule has 1 aromatic rings. The van der Waals surface area contributed by atoms with Gasteiger partial charge in [-0.25, -0.2) is 0 Å². The normalized spacial score (nSPS) is 9.73. The van der Waals surface area contributed by atoms with Crippen LogP contribution >= 0.6 is 0 Å². The predicted octanol–water partition coefficient (Wildman–Crippen LogP) is 2.09. The molecule has 1 rings (SSSR count). The zero-order valence-electron chi connectivity index (χ0n) is 7.25. The molecule has 0 aliphatic rings. The number of hydrogen-bond donors (Lipinski definition) is 0. The molecule has 1 aromatic carbocycles. The molecule has 0 amide bonds. The van der Waals surface area contributed by atoms with Gasteiger partial charge in [-0.3, -0.25) is 0 Å². The van der Waals surface area contributed by atoms with Crippen LogP contribution in [0.25, 0.3) is 0 Å². The third kappa shape index (κ3) is 3.60. The molecule has 0 nitrogen and oxygen atoms in total. The molecular formula is C10H14Al+. The summed E-state index contributed by atoms with van der Waals surface area (Å²) >= 11 is 0.513. The van der Waals surface area contributed by atoms with Crippen molar-refractivity contribution in [2.75, 3.05) is 0 Å². The summed E-state index contributed by atoms with van der Waals surface area (Å²) < 4.78 is 1.54. The molecule has 1 heteroatoms. The summed E-state index contributed by atoms with van der Waals surface area (Å²) in [7, 11) is 0. The van der Waals surface area contributed by atoms with Crippen molar-refractivity contribution in [1.29, 1.82) is 0 Å². The molecule has 0 fully saturated rings. The van der Waals surface area contributed by atoms with Crippen LogP contribution in [0.4, 0.5) is 0 Å². The zero-order chi connectivity index (χ0) is 8.10. The van der Waals surface area contributed by atoms with E-state index in [2.05, 4.69) is 44.2 Å². The molecule has 11 heavy (non-hydrogen) atoms. The van der Waals surface area contributed by atoms with E-state index in [1.807, 2.05) is 0 Å². The molecule has 0 N–H and O–H groups in total. The summed E-state index contributed by atoms with van der Waals surface area (Å²) in [4.78, 5) is 0. The van der Waals surface area contributed by atoms with Gasteiger partial charge in [-0.1, -0.05) is 0 Å². The number of rotatable bonds is 3. The summed E-state index contributed by atoms with van der Waals surface area (Å²) in [5.74, 6) is 0.852. The minimum atomic E-state index is 0.513. The van der Waals surface area contributed by atoms with E-state index in [1.165, 1.54) is 5.28 Å². The Morgan fingerprint density at radius 3 is 2.36 bits per heavy atom. The van der Waals surface area contributed by atoms with Crippen molar-refractivity contribution in [3.05, 3.63) is 30.3 Å². The molecule has 0 spiro atoms. The van der Waals surface area contributed by atoms with Gasteiger partial charge in [0, 0.05) is 0 Å². The van der Waals surface area contributed by atoms with Crippen molar-refractivity contribution in [3.63, 3.8) is 0 Å². The first kappa shape index (κ1) is 8.85. The van der Waals surface area contributed by atoms with E-state index >= 15 is 0 Å². The van der Waals surface area contributed by atoms with Crippen LogP contribution in [-0.2, 0) is 0 Å². The van der Waals surface area contributed by atoms with Gasteiger partial charge in [0.25, 0.3) is 0 Å². The van der Waals surface area contributed by atoms with Crippen molar-refractivity contribution in [2.24, 2.45) is 5.92 Å². The Morgan fingerprint density at radius 2 is 1.82 bits per heavy atom. The Bertz CT molecular complexity index is 191. The first-order valence-corrected chi connectivity index (χ1v) is 5.56. The van der Waals surface area contributed by atoms with Gasteiger partial charge in [0.15, 0.2) is 0 Å². The molecule has 0 saturated carbocycles. The summed E-state index contributed by atoms with van der Waals surface area (Å²) in [6, 6.07) is 10.8. The molecule has 0 saturated heterocycles. The van der Waals surface area contributed by atoms with Crippen molar-refractivity contribution in [3.8, 4) is 0 Å². The van der Waals surface area contributed by atoms with Crippen molar-refractivity contribution >= 4 is 19.6 Å². The van der Waals surface area contributed by atoms with E-state index in [1.54, 1.807) is 4.43 Å². The molecule has 56 valence electrons. The second-order valence-corrected chi connectivity index (χ2v) is 4.79. The van der Waals surface area contributed by atoms with Crippen LogP contribution in [0, 0.1) is 5.92 Å². The molecule has 0 aliphatic heterocycles. The van der Waals surface area contributed by atoms with Crippen LogP contribution in [0.2, 0.25) is 5.28 Å². The van der Waals surface area contributed by atoms with Crippen molar-refractivity contribution in [2.45, 2.75) is 19.1 Å². The van der Waals surface area contributed by atoms with Crippen molar-refractivity contribution < 1.29 is 0 Å². The summed E-state index contributed by atoms with van der Waals surface area (Å²) in [5, 5.41) is 1.38. The van der Waals surface area contributed by atoms with E-state index in [0.717, 1.165) is 5.92 Å². The SMILES string of the molecule is CC(C)[CH2][Al+][c]1ccccc1. The molecule has 0 aromatic heterocycles. The minimum absolute atomic E-state index is 0.513. The third-order valence-electron chi connectivity index (χ3n) is 1.62. The van der Waals surface area contributed by atoms with Crippen LogP contribution in [0.5, 0.6) is 0 Å². The standard InChI is InChI=1S/C6H5.C4H9.Al/c1-2-4-6-5-3-1;1-4(2)3;/h1-5H;4H,1H2,2-3H3;/q;;+1. The average Bonchev–Trinajstić information content (AvgIpc) is 2.03. The van der Waals surface area contributed by atoms with Crippen LogP contribution < -0.4 is 4.43 Å². The molecule has 0 radical (unpaired) electrons. The molecule has 0 atom stereocenters. The van der Waals surface area contributed by atoms with Gasteiger partial charge in [-0.05, 0) is 0 Å². The van der Waals surface area contributed by atoms with E-state index in [0.29, 0.717) is 15.2 Å². The fraction of sp³-hybridized carbons (Fsp3) is 0.400. The van der Waals surface area contributed by atoms with Gasteiger partial charge < -0.3 is 0 Å². The fourth-order valence-corrected chi connectivity index (χ4v) is 2.20. The Labute approximate surface area is 75.3 Å². The molecular weight excluding hydrogens is 147 g/mol. The van der Waals surface area contributed by atoms with E-state index in [-0.39, 0.29) is 0 Å². The monoisotopic (exact) mass is 161 g/mol. The zero-order valence-corrected chi connectivity index (χ0v) is 8.40. The van der Waals surface area contributed by atoms with Crippen molar-refractivity contribution in [1.82, 2.24) is 0 Å². The molecule has 0 aliphatic carbocycles. The summed E-state index contributed by atoms with van der Waals surface area (Å²) in [6.07, 6.45) is 0. The van der Waals surface area contributed by atoms with Gasteiger partial charge >= 0.3 is 75.0 Å². The number of benzene rings is 1. The van der Waals surface area contributed by atoms with E-state index < -0.39 is 0 Å². The summed E-state index contributed by atoms with van der Waals surface area (Å²) in [5.41, 5.74) is 0. The van der Waals surface area contributed by atoms with Gasteiger partial charge in [0.1, 0.15) is 0 Å². The van der Waals surface area contributed by atoms with Crippen LogP contribution in [0.1, 0.15) is 13.8 Å². The predicted molar refractivity (Wildman–Crippen MR) is 51.5 cm³/mol. The molecule has 0 heterocycles. The van der Waals surface area contributed by atoms with Crippen LogP contribution in [0.3, 0.4) is 0 Å². The second-order valence-electron chi connectivity index (χ2n) is 3.24. The average molecular weight is 161 g/mol. The quantitative estimate of drug-likeness (QED) is 0.595. The Morgan fingerprint density at radius 1 is 1.18 bits per heavy atom. The fourth-order valence-electron chi connectivity index (χ4n) is 0.961. The topological polar surface area (TPSA) is 0 Å². The van der Waals surface area contributed by atoms with E-state index in [9.17, 15) is 0 Å². The molecule has 0 bridgehead atoms. The maximum absolute atomic E-state index is 2.29. The van der Waals surface area contributed by atoms with Gasteiger partial charge in [0.2, 0.25) is 0 Å². The number of hydrogen-bond acceptors (Lipinski definition) is 0. The van der Waals surface area contributed by atoms with Gasteiger partial charge in [0.05, 0.1) is 0 Å². The van der Waals surface area contributed by atoms with Gasteiger partial charge in [-0.2, -0.15) is 0 Å². The first-order chi connectivity index (χ1) is 5.29. The molecule has 0 unspecified atom stereocenters. The maximum atomic E-state index is 2.29. The summed E-state index contributed by atoms with van der Waals surface area (Å²) in [6.45, 7) is 4.58.